The molecule has 0 spiro atoms. The van der Waals surface area contributed by atoms with Crippen molar-refractivity contribution in [3.05, 3.63) is 35.9 Å². The zero-order valence-corrected chi connectivity index (χ0v) is 10.4. The van der Waals surface area contributed by atoms with Crippen LogP contribution in [0.5, 0.6) is 0 Å². The third-order valence-electron chi connectivity index (χ3n) is 3.47. The summed E-state index contributed by atoms with van der Waals surface area (Å²) >= 11 is 0. The predicted octanol–water partition coefficient (Wildman–Crippen LogP) is 1.11. The average Bonchev–Trinajstić information content (AvgIpc) is 3.17. The van der Waals surface area contributed by atoms with Crippen molar-refractivity contribution in [3.63, 3.8) is 0 Å². The number of rotatable bonds is 6. The van der Waals surface area contributed by atoms with Crippen LogP contribution in [0.1, 0.15) is 37.3 Å². The van der Waals surface area contributed by atoms with E-state index in [1.54, 1.807) is 0 Å². The fourth-order valence-electron chi connectivity index (χ4n) is 1.99. The first-order valence-electron chi connectivity index (χ1n) is 6.38. The van der Waals surface area contributed by atoms with Crippen molar-refractivity contribution in [2.24, 2.45) is 5.73 Å². The van der Waals surface area contributed by atoms with E-state index in [0.717, 1.165) is 18.4 Å². The molecule has 18 heavy (non-hydrogen) atoms. The number of nitrogens with two attached hydrogens (primary N) is 1. The number of benzene rings is 1. The summed E-state index contributed by atoms with van der Waals surface area (Å²) in [5.74, 6) is -0.0204. The van der Waals surface area contributed by atoms with E-state index in [2.05, 4.69) is 5.32 Å². The molecule has 1 aromatic carbocycles. The summed E-state index contributed by atoms with van der Waals surface area (Å²) in [6.07, 6.45) is 2.77. The highest BCUT2D eigenvalue weighted by atomic mass is 16.3. The smallest absolute Gasteiger partial charge is 0.220 e. The molecule has 1 fully saturated rings. The molecule has 0 radical (unpaired) electrons. The van der Waals surface area contributed by atoms with E-state index in [1.165, 1.54) is 0 Å². The van der Waals surface area contributed by atoms with Crippen LogP contribution >= 0.6 is 0 Å². The Morgan fingerprint density at radius 1 is 1.39 bits per heavy atom. The number of aliphatic hydroxyl groups is 1. The summed E-state index contributed by atoms with van der Waals surface area (Å²) in [6, 6.07) is 9.67. The molecule has 1 aliphatic carbocycles. The summed E-state index contributed by atoms with van der Waals surface area (Å²) in [6.45, 7) is 0.0312. The van der Waals surface area contributed by atoms with Gasteiger partial charge in [0.25, 0.3) is 0 Å². The molecule has 1 saturated carbocycles. The maximum Gasteiger partial charge on any atom is 0.220 e. The van der Waals surface area contributed by atoms with Gasteiger partial charge in [-0.1, -0.05) is 30.3 Å². The third-order valence-corrected chi connectivity index (χ3v) is 3.47. The zero-order chi connectivity index (χ0) is 13.0. The maximum atomic E-state index is 11.7. The van der Waals surface area contributed by atoms with Gasteiger partial charge in [-0.15, -0.1) is 0 Å². The third kappa shape index (κ3) is 3.31. The molecule has 0 bridgehead atoms. The van der Waals surface area contributed by atoms with E-state index in [9.17, 15) is 4.79 Å². The van der Waals surface area contributed by atoms with Gasteiger partial charge >= 0.3 is 0 Å². The standard InChI is InChI=1S/C14H20N2O2/c15-12(11-4-2-1-3-5-11)6-7-13(18)16-14(10-17)8-9-14/h1-5,12,17H,6-10,15H2,(H,16,18). The molecule has 1 aliphatic rings. The van der Waals surface area contributed by atoms with Crippen LogP contribution in [0.2, 0.25) is 0 Å². The van der Waals surface area contributed by atoms with E-state index in [-0.39, 0.29) is 24.1 Å². The second-order valence-corrected chi connectivity index (χ2v) is 5.04. The monoisotopic (exact) mass is 248 g/mol. The Kier molecular flexibility index (Phi) is 3.99. The Labute approximate surface area is 107 Å². The van der Waals surface area contributed by atoms with Gasteiger partial charge in [-0.05, 0) is 24.8 Å². The van der Waals surface area contributed by atoms with Crippen molar-refractivity contribution in [1.29, 1.82) is 0 Å². The average molecular weight is 248 g/mol. The Morgan fingerprint density at radius 2 is 2.06 bits per heavy atom. The number of nitrogens with one attached hydrogen (secondary N) is 1. The molecule has 0 saturated heterocycles. The Balaban J connectivity index is 1.76. The number of aliphatic hydroxyl groups excluding tert-OH is 1. The highest BCUT2D eigenvalue weighted by molar-refractivity contribution is 5.77. The van der Waals surface area contributed by atoms with E-state index in [1.807, 2.05) is 30.3 Å². The maximum absolute atomic E-state index is 11.7. The molecule has 4 nitrogen and oxygen atoms in total. The van der Waals surface area contributed by atoms with Gasteiger partial charge in [0.15, 0.2) is 0 Å². The normalized spacial score (nSPS) is 18.1. The second-order valence-electron chi connectivity index (χ2n) is 5.04. The van der Waals surface area contributed by atoms with Crippen LogP contribution in [-0.4, -0.2) is 23.2 Å². The molecule has 4 heteroatoms. The predicted molar refractivity (Wildman–Crippen MR) is 69.8 cm³/mol. The minimum Gasteiger partial charge on any atom is -0.394 e. The van der Waals surface area contributed by atoms with Gasteiger partial charge in [0.2, 0.25) is 5.91 Å². The molecule has 0 aliphatic heterocycles. The lowest BCUT2D eigenvalue weighted by Crippen LogP contribution is -2.39. The minimum atomic E-state index is -0.325. The molecule has 0 aromatic heterocycles. The van der Waals surface area contributed by atoms with Gasteiger partial charge < -0.3 is 16.2 Å². The molecule has 1 unspecified atom stereocenters. The topological polar surface area (TPSA) is 75.4 Å². The zero-order valence-electron chi connectivity index (χ0n) is 10.4. The minimum absolute atomic E-state index is 0.0204. The van der Waals surface area contributed by atoms with Crippen LogP contribution in [0.25, 0.3) is 0 Å². The lowest BCUT2D eigenvalue weighted by Gasteiger charge is -2.16. The van der Waals surface area contributed by atoms with Crippen molar-refractivity contribution in [1.82, 2.24) is 5.32 Å². The molecule has 2 rings (SSSR count). The van der Waals surface area contributed by atoms with Crippen LogP contribution in [-0.2, 0) is 4.79 Å². The summed E-state index contributed by atoms with van der Waals surface area (Å²) in [5.41, 5.74) is 6.75. The van der Waals surface area contributed by atoms with Crippen molar-refractivity contribution in [2.75, 3.05) is 6.61 Å². The Bertz CT molecular complexity index is 402. The number of amides is 1. The summed E-state index contributed by atoms with van der Waals surface area (Å²) in [7, 11) is 0. The van der Waals surface area contributed by atoms with Crippen LogP contribution < -0.4 is 11.1 Å². The van der Waals surface area contributed by atoms with Gasteiger partial charge in [0, 0.05) is 12.5 Å². The van der Waals surface area contributed by atoms with Gasteiger partial charge in [-0.25, -0.2) is 0 Å². The number of hydrogen-bond acceptors (Lipinski definition) is 3. The summed E-state index contributed by atoms with van der Waals surface area (Å²) in [4.78, 5) is 11.7. The fourth-order valence-corrected chi connectivity index (χ4v) is 1.99. The number of carbonyl (C=O) groups is 1. The summed E-state index contributed by atoms with van der Waals surface area (Å²) < 4.78 is 0. The number of carbonyl (C=O) groups excluding carboxylic acids is 1. The molecule has 1 amide bonds. The van der Waals surface area contributed by atoms with Gasteiger partial charge in [-0.3, -0.25) is 4.79 Å². The van der Waals surface area contributed by atoms with Gasteiger partial charge in [0.05, 0.1) is 12.1 Å². The van der Waals surface area contributed by atoms with Crippen LogP contribution in [0.15, 0.2) is 30.3 Å². The first-order chi connectivity index (χ1) is 8.65. The van der Waals surface area contributed by atoms with Crippen molar-refractivity contribution >= 4 is 5.91 Å². The SMILES string of the molecule is NC(CCC(=O)NC1(CO)CC1)c1ccccc1. The lowest BCUT2D eigenvalue weighted by atomic mass is 10.0. The van der Waals surface area contributed by atoms with Crippen LogP contribution in [0.4, 0.5) is 0 Å². The van der Waals surface area contributed by atoms with E-state index >= 15 is 0 Å². The molecule has 1 aromatic rings. The Morgan fingerprint density at radius 3 is 2.61 bits per heavy atom. The largest absolute Gasteiger partial charge is 0.394 e. The first-order valence-corrected chi connectivity index (χ1v) is 6.38. The van der Waals surface area contributed by atoms with Gasteiger partial charge in [0.1, 0.15) is 0 Å². The molecule has 0 heterocycles. The van der Waals surface area contributed by atoms with E-state index in [4.69, 9.17) is 10.8 Å². The second kappa shape index (κ2) is 5.50. The van der Waals surface area contributed by atoms with Crippen molar-refractivity contribution in [2.45, 2.75) is 37.3 Å². The van der Waals surface area contributed by atoms with Gasteiger partial charge in [-0.2, -0.15) is 0 Å². The molecular formula is C14H20N2O2. The van der Waals surface area contributed by atoms with E-state index in [0.29, 0.717) is 12.8 Å². The van der Waals surface area contributed by atoms with Crippen molar-refractivity contribution in [3.8, 4) is 0 Å². The first kappa shape index (κ1) is 13.1. The number of hydrogen-bond donors (Lipinski definition) is 3. The fraction of sp³-hybridized carbons (Fsp3) is 0.500. The van der Waals surface area contributed by atoms with Crippen molar-refractivity contribution < 1.29 is 9.90 Å². The molecule has 1 atom stereocenters. The lowest BCUT2D eigenvalue weighted by molar-refractivity contribution is -0.122. The Hall–Kier alpha value is -1.39. The quantitative estimate of drug-likeness (QED) is 0.706. The molecule has 98 valence electrons. The molecular weight excluding hydrogens is 228 g/mol. The summed E-state index contributed by atoms with van der Waals surface area (Å²) in [5, 5.41) is 12.0. The van der Waals surface area contributed by atoms with E-state index < -0.39 is 0 Å². The molecule has 4 N–H and O–H groups in total. The van der Waals surface area contributed by atoms with Crippen LogP contribution in [0.3, 0.4) is 0 Å². The van der Waals surface area contributed by atoms with Crippen LogP contribution in [0, 0.1) is 0 Å². The highest BCUT2D eigenvalue weighted by Crippen LogP contribution is 2.34. The highest BCUT2D eigenvalue weighted by Gasteiger charge is 2.43.